The molecule has 4 fully saturated rings. The zero-order valence-corrected chi connectivity index (χ0v) is 46.8. The van der Waals surface area contributed by atoms with E-state index in [1.807, 2.05) is 0 Å². The highest BCUT2D eigenvalue weighted by molar-refractivity contribution is 9.10. The molecule has 4 aliphatic heterocycles. The first-order valence-corrected chi connectivity index (χ1v) is 28.1. The molecule has 7 N–H and O–H groups in total. The van der Waals surface area contributed by atoms with Crippen LogP contribution < -0.4 is 32.0 Å². The number of likely N-dealkylation sites (tertiary alicyclic amines) is 4. The number of nitrogens with one attached hydrogen (secondary N) is 1. The number of anilines is 3. The number of hydrogen-bond acceptors (Lipinski definition) is 16. The number of nitrogens with zero attached hydrogens (tertiary/aromatic N) is 8. The third kappa shape index (κ3) is 13.5. The Morgan fingerprint density at radius 2 is 1.09 bits per heavy atom. The van der Waals surface area contributed by atoms with Gasteiger partial charge in [-0.25, -0.2) is 19.9 Å². The van der Waals surface area contributed by atoms with Crippen LogP contribution >= 0.6 is 38.6 Å². The molecule has 4 atom stereocenters. The highest BCUT2D eigenvalue weighted by atomic mass is 79.9. The summed E-state index contributed by atoms with van der Waals surface area (Å²) in [6, 6.07) is 15.7. The average Bonchev–Trinajstić information content (AvgIpc) is 4.05. The molecular weight excluding hydrogens is 1060 g/mol. The molecule has 10 rings (SSSR count). The number of rotatable bonds is 7. The molecule has 400 valence electrons. The summed E-state index contributed by atoms with van der Waals surface area (Å²) >= 11 is 6.81. The quantitative estimate of drug-likeness (QED) is 0.110. The van der Waals surface area contributed by atoms with E-state index in [-0.39, 0.29) is 17.9 Å². The summed E-state index contributed by atoms with van der Waals surface area (Å²) < 4.78 is 13.3. The Balaban J connectivity index is 0.000000172. The second kappa shape index (κ2) is 24.8. The van der Waals surface area contributed by atoms with Crippen LogP contribution in [0.1, 0.15) is 110 Å². The van der Waals surface area contributed by atoms with Crippen molar-refractivity contribution in [2.45, 2.75) is 89.1 Å². The Morgan fingerprint density at radius 1 is 0.640 bits per heavy atom. The van der Waals surface area contributed by atoms with Gasteiger partial charge in [0.15, 0.2) is 23.1 Å². The molecule has 0 saturated carbocycles. The molecule has 0 radical (unpaired) electrons. The maximum absolute atomic E-state index is 13.4. The lowest BCUT2D eigenvalue weighted by molar-refractivity contribution is -0.147. The fraction of sp³-hybridized carbons (Fsp3) is 0.481. The number of hydrogen-bond donors (Lipinski definition) is 4. The first-order chi connectivity index (χ1) is 36.0. The van der Waals surface area contributed by atoms with E-state index in [2.05, 4.69) is 105 Å². The lowest BCUT2D eigenvalue weighted by Crippen LogP contribution is -2.46. The van der Waals surface area contributed by atoms with Crippen LogP contribution in [-0.2, 0) is 19.2 Å². The van der Waals surface area contributed by atoms with Gasteiger partial charge in [0.25, 0.3) is 0 Å². The van der Waals surface area contributed by atoms with E-state index in [0.717, 1.165) is 104 Å². The standard InChI is InChI=1S/C27H34N6O3S.C21H28N4O2S.C6H7BrN2O/c1-16-4-6-21(33(15-16)27(35)25(34)30-19-13-22(36-3)24(28)29-14-19)18-5-7-23-20(12-18)31-26(37-23)17-8-10-32(2)11-9-17;1-13-3-5-17(25(12-13)21(27)19(22)26)15-4-6-18-16(11-15)23-20(28-18)14-7-9-24(2)10-8-14;1-10-5-2-4(7)3-9-6(5)8/h5,7,12-14,16-17,21H,4,6,8-11,15H2,1-3H3,(H2,28,29)(H,30,34);4,6,11,13-14,17H,3,5,7-10,12H2,1-2H3,(H2,22,26);2-3H,1H3,(H2,8,9)/t16-,21+;13-,17+;/m00./s1. The van der Waals surface area contributed by atoms with E-state index in [1.165, 1.54) is 32.7 Å². The van der Waals surface area contributed by atoms with E-state index in [1.54, 1.807) is 57.9 Å². The first kappa shape index (κ1) is 55.2. The molecule has 4 amide bonds. The first-order valence-electron chi connectivity index (χ1n) is 25.6. The van der Waals surface area contributed by atoms with Crippen LogP contribution in [0.15, 0.2) is 65.4 Å². The molecule has 6 aromatic rings. The highest BCUT2D eigenvalue weighted by Crippen LogP contribution is 2.40. The topological polar surface area (TPSA) is 241 Å². The number of carbonyl (C=O) groups excluding carboxylic acids is 4. The summed E-state index contributed by atoms with van der Waals surface area (Å²) in [7, 11) is 7.37. The van der Waals surface area contributed by atoms with E-state index in [0.29, 0.717) is 59.8 Å². The molecule has 4 aromatic heterocycles. The molecule has 0 bridgehead atoms. The number of nitrogen functional groups attached to an aromatic ring is 2. The van der Waals surface area contributed by atoms with Crippen molar-refractivity contribution in [3.63, 3.8) is 0 Å². The highest BCUT2D eigenvalue weighted by Gasteiger charge is 2.36. The molecule has 2 aromatic carbocycles. The van der Waals surface area contributed by atoms with Gasteiger partial charge in [-0.1, -0.05) is 26.0 Å². The predicted octanol–water partition coefficient (Wildman–Crippen LogP) is 8.35. The minimum absolute atomic E-state index is 0.103. The number of primary amides is 1. The number of aromatic nitrogens is 4. The van der Waals surface area contributed by atoms with Crippen LogP contribution in [0.3, 0.4) is 0 Å². The van der Waals surface area contributed by atoms with Crippen molar-refractivity contribution in [2.75, 3.05) is 84.4 Å². The van der Waals surface area contributed by atoms with E-state index in [4.69, 9.17) is 36.6 Å². The second-order valence-corrected chi connectivity index (χ2v) is 23.4. The number of pyridine rings is 2. The number of amides is 4. The number of fused-ring (bicyclic) bond motifs is 2. The maximum Gasteiger partial charge on any atom is 0.313 e. The smallest absolute Gasteiger partial charge is 0.313 e. The van der Waals surface area contributed by atoms with Crippen LogP contribution in [-0.4, -0.2) is 131 Å². The third-order valence-corrected chi connectivity index (χ3v) is 17.6. The number of ether oxygens (including phenoxy) is 2. The monoisotopic (exact) mass is 1120 g/mol. The minimum Gasteiger partial charge on any atom is -0.493 e. The number of methoxy groups -OCH3 is 2. The molecular formula is C54H69BrN12O6S2. The molecule has 18 nitrogen and oxygen atoms in total. The van der Waals surface area contributed by atoms with Crippen molar-refractivity contribution in [1.29, 1.82) is 0 Å². The lowest BCUT2D eigenvalue weighted by atomic mass is 9.89. The van der Waals surface area contributed by atoms with Gasteiger partial charge >= 0.3 is 23.6 Å². The molecule has 0 spiro atoms. The van der Waals surface area contributed by atoms with E-state index >= 15 is 0 Å². The van der Waals surface area contributed by atoms with Crippen molar-refractivity contribution in [3.05, 3.63) is 86.5 Å². The molecule has 21 heteroatoms. The zero-order chi connectivity index (χ0) is 53.5. The minimum atomic E-state index is -0.876. The maximum atomic E-state index is 13.4. The summed E-state index contributed by atoms with van der Waals surface area (Å²) in [5.74, 6) is 0.574. The molecule has 0 aliphatic carbocycles. The van der Waals surface area contributed by atoms with Crippen molar-refractivity contribution < 1.29 is 28.7 Å². The predicted molar refractivity (Wildman–Crippen MR) is 300 cm³/mol. The Kier molecular flexibility index (Phi) is 18.2. The number of piperidine rings is 4. The lowest BCUT2D eigenvalue weighted by Gasteiger charge is -2.38. The van der Waals surface area contributed by atoms with E-state index < -0.39 is 23.6 Å². The zero-order valence-electron chi connectivity index (χ0n) is 43.6. The fourth-order valence-electron chi connectivity index (χ4n) is 10.4. The fourth-order valence-corrected chi connectivity index (χ4v) is 12.9. The van der Waals surface area contributed by atoms with Crippen molar-refractivity contribution in [2.24, 2.45) is 17.6 Å². The van der Waals surface area contributed by atoms with Crippen LogP contribution in [0, 0.1) is 11.8 Å². The van der Waals surface area contributed by atoms with Crippen LogP contribution in [0.5, 0.6) is 11.5 Å². The molecule has 0 unspecified atom stereocenters. The van der Waals surface area contributed by atoms with Crippen molar-refractivity contribution >= 4 is 100.0 Å². The average molecular weight is 1130 g/mol. The normalized spacial score (nSPS) is 20.9. The largest absolute Gasteiger partial charge is 0.493 e. The van der Waals surface area contributed by atoms with Gasteiger partial charge in [0.2, 0.25) is 0 Å². The summed E-state index contributed by atoms with van der Waals surface area (Å²) in [5, 5.41) is 5.09. The van der Waals surface area contributed by atoms with Gasteiger partial charge in [-0.3, -0.25) is 19.2 Å². The van der Waals surface area contributed by atoms with Gasteiger partial charge < -0.3 is 51.6 Å². The summed E-state index contributed by atoms with van der Waals surface area (Å²) in [6.45, 7) is 9.76. The van der Waals surface area contributed by atoms with Crippen molar-refractivity contribution in [3.8, 4) is 11.5 Å². The Hall–Kier alpha value is -6.00. The number of carbonyl (C=O) groups is 4. The Morgan fingerprint density at radius 3 is 1.55 bits per heavy atom. The third-order valence-electron chi connectivity index (χ3n) is 14.8. The second-order valence-electron chi connectivity index (χ2n) is 20.4. The number of nitrogens with two attached hydrogens (primary N) is 3. The number of thiazole rings is 2. The van der Waals surface area contributed by atoms with Gasteiger partial charge in [-0.05, 0) is 161 Å². The summed E-state index contributed by atoms with van der Waals surface area (Å²) in [4.78, 5) is 76.2. The summed E-state index contributed by atoms with van der Waals surface area (Å²) in [6.07, 6.45) is 11.3. The van der Waals surface area contributed by atoms with Gasteiger partial charge in [-0.15, -0.1) is 22.7 Å². The van der Waals surface area contributed by atoms with Crippen LogP contribution in [0.25, 0.3) is 20.4 Å². The summed E-state index contributed by atoms with van der Waals surface area (Å²) in [5.41, 5.74) is 20.9. The SMILES string of the molecule is COc1cc(Br)cnc1N.COc1cc(NC(=O)C(=O)N2C[C@@H](C)CC[C@@H]2c2ccc3sc(C4CCN(C)CC4)nc3c2)cnc1N.C[C@H]1CC[C@H](c2ccc3sc(C4CCN(C)CC4)nc3c2)N(C(=O)C(N)=O)C1. The van der Waals surface area contributed by atoms with Gasteiger partial charge in [0.1, 0.15) is 0 Å². The van der Waals surface area contributed by atoms with Crippen molar-refractivity contribution in [1.82, 2.24) is 39.5 Å². The Bertz CT molecular complexity index is 2990. The number of benzene rings is 2. The number of halogens is 1. The van der Waals surface area contributed by atoms with E-state index in [9.17, 15) is 19.2 Å². The van der Waals surface area contributed by atoms with Gasteiger partial charge in [0.05, 0.1) is 68.6 Å². The molecule has 4 aliphatic rings. The molecule has 4 saturated heterocycles. The van der Waals surface area contributed by atoms with Crippen LogP contribution in [0.2, 0.25) is 0 Å². The molecule has 75 heavy (non-hydrogen) atoms. The Labute approximate surface area is 454 Å². The van der Waals surface area contributed by atoms with Gasteiger partial charge in [-0.2, -0.15) is 0 Å². The molecule has 8 heterocycles. The van der Waals surface area contributed by atoms with Crippen LogP contribution in [0.4, 0.5) is 17.3 Å². The van der Waals surface area contributed by atoms with Gasteiger partial charge in [0, 0.05) is 41.7 Å².